The highest BCUT2D eigenvalue weighted by Crippen LogP contribution is 2.15. The second-order valence-electron chi connectivity index (χ2n) is 7.07. The van der Waals surface area contributed by atoms with Gasteiger partial charge in [-0.15, -0.1) is 11.6 Å². The molecule has 1 N–H and O–H groups in total. The number of rotatable bonds is 7. The van der Waals surface area contributed by atoms with E-state index in [1.54, 1.807) is 24.3 Å². The zero-order chi connectivity index (χ0) is 20.6. The predicted octanol–water partition coefficient (Wildman–Crippen LogP) is 3.91. The van der Waals surface area contributed by atoms with Crippen molar-refractivity contribution in [1.29, 1.82) is 0 Å². The van der Waals surface area contributed by atoms with Crippen LogP contribution in [0.15, 0.2) is 48.5 Å². The first-order valence-electron chi connectivity index (χ1n) is 9.77. The minimum absolute atomic E-state index is 0.0287. The standard InChI is InChI=1S/C22H25Cl2N3O2/c23-11-9-21(28)25-20-7-3-18(4-8-20)22(29)27-15-13-26(14-16-27)12-10-17-1-5-19(24)6-2-17/h1-8H,9-16H2,(H,25,28). The van der Waals surface area contributed by atoms with Gasteiger partial charge in [0.2, 0.25) is 5.91 Å². The Morgan fingerprint density at radius 1 is 0.931 bits per heavy atom. The fourth-order valence-electron chi connectivity index (χ4n) is 3.30. The molecule has 1 aliphatic rings. The van der Waals surface area contributed by atoms with Crippen molar-refractivity contribution < 1.29 is 9.59 Å². The van der Waals surface area contributed by atoms with Crippen molar-refractivity contribution in [2.75, 3.05) is 43.9 Å². The quantitative estimate of drug-likeness (QED) is 0.673. The molecule has 1 saturated heterocycles. The van der Waals surface area contributed by atoms with Crippen LogP contribution in [0.1, 0.15) is 22.3 Å². The van der Waals surface area contributed by atoms with Crippen LogP contribution < -0.4 is 5.32 Å². The summed E-state index contributed by atoms with van der Waals surface area (Å²) in [6.45, 7) is 4.14. The number of hydrogen-bond donors (Lipinski definition) is 1. The van der Waals surface area contributed by atoms with Crippen molar-refractivity contribution in [2.24, 2.45) is 0 Å². The number of hydrogen-bond acceptors (Lipinski definition) is 3. The van der Waals surface area contributed by atoms with Gasteiger partial charge in [0.15, 0.2) is 0 Å². The van der Waals surface area contributed by atoms with E-state index in [0.717, 1.165) is 31.1 Å². The van der Waals surface area contributed by atoms with Crippen LogP contribution in [0.5, 0.6) is 0 Å². The van der Waals surface area contributed by atoms with E-state index in [0.29, 0.717) is 24.3 Å². The van der Waals surface area contributed by atoms with Crippen LogP contribution in [0.25, 0.3) is 0 Å². The molecule has 2 aromatic rings. The maximum Gasteiger partial charge on any atom is 0.253 e. The molecular formula is C22H25Cl2N3O2. The third kappa shape index (κ3) is 6.46. The van der Waals surface area contributed by atoms with Crippen LogP contribution in [-0.4, -0.2) is 60.2 Å². The highest BCUT2D eigenvalue weighted by Gasteiger charge is 2.22. The predicted molar refractivity (Wildman–Crippen MR) is 118 cm³/mol. The molecule has 0 radical (unpaired) electrons. The molecule has 7 heteroatoms. The summed E-state index contributed by atoms with van der Waals surface area (Å²) in [5, 5.41) is 3.52. The van der Waals surface area contributed by atoms with Crippen molar-refractivity contribution in [3.8, 4) is 0 Å². The largest absolute Gasteiger partial charge is 0.336 e. The topological polar surface area (TPSA) is 52.7 Å². The molecule has 1 heterocycles. The van der Waals surface area contributed by atoms with Crippen LogP contribution in [0.3, 0.4) is 0 Å². The van der Waals surface area contributed by atoms with Gasteiger partial charge < -0.3 is 10.2 Å². The maximum atomic E-state index is 12.7. The number of alkyl halides is 1. The Balaban J connectivity index is 1.45. The van der Waals surface area contributed by atoms with E-state index in [1.807, 2.05) is 17.0 Å². The van der Waals surface area contributed by atoms with Crippen LogP contribution in [0.2, 0.25) is 5.02 Å². The molecule has 0 aromatic heterocycles. The Morgan fingerprint density at radius 3 is 2.21 bits per heavy atom. The summed E-state index contributed by atoms with van der Waals surface area (Å²) in [5.74, 6) is 0.184. The molecule has 5 nitrogen and oxygen atoms in total. The van der Waals surface area contributed by atoms with E-state index < -0.39 is 0 Å². The first kappa shape index (κ1) is 21.6. The second-order valence-corrected chi connectivity index (χ2v) is 7.89. The van der Waals surface area contributed by atoms with Gasteiger partial charge in [-0.05, 0) is 48.4 Å². The summed E-state index contributed by atoms with van der Waals surface area (Å²) >= 11 is 11.5. The van der Waals surface area contributed by atoms with Crippen molar-refractivity contribution in [2.45, 2.75) is 12.8 Å². The summed E-state index contributed by atoms with van der Waals surface area (Å²) in [6.07, 6.45) is 1.24. The Bertz CT molecular complexity index is 817. The third-order valence-corrected chi connectivity index (χ3v) is 5.47. The van der Waals surface area contributed by atoms with Crippen LogP contribution >= 0.6 is 23.2 Å². The second kappa shape index (κ2) is 10.6. The van der Waals surface area contributed by atoms with Gasteiger partial charge in [0, 0.05) is 61.3 Å². The monoisotopic (exact) mass is 433 g/mol. The van der Waals surface area contributed by atoms with E-state index in [4.69, 9.17) is 23.2 Å². The average molecular weight is 434 g/mol. The molecule has 154 valence electrons. The summed E-state index contributed by atoms with van der Waals surface area (Å²) < 4.78 is 0. The first-order chi connectivity index (χ1) is 14.0. The number of halogens is 2. The number of carbonyl (C=O) groups excluding carboxylic acids is 2. The van der Waals surface area contributed by atoms with E-state index in [2.05, 4.69) is 22.3 Å². The Labute approximate surface area is 181 Å². The number of anilines is 1. The van der Waals surface area contributed by atoms with Gasteiger partial charge >= 0.3 is 0 Å². The number of piperazine rings is 1. The molecule has 2 aromatic carbocycles. The van der Waals surface area contributed by atoms with Gasteiger partial charge in [0.05, 0.1) is 0 Å². The van der Waals surface area contributed by atoms with Crippen molar-refractivity contribution in [1.82, 2.24) is 9.80 Å². The molecule has 1 aliphatic heterocycles. The lowest BCUT2D eigenvalue weighted by atomic mass is 10.1. The highest BCUT2D eigenvalue weighted by molar-refractivity contribution is 6.30. The van der Waals surface area contributed by atoms with Crippen molar-refractivity contribution in [3.63, 3.8) is 0 Å². The zero-order valence-corrected chi connectivity index (χ0v) is 17.8. The van der Waals surface area contributed by atoms with E-state index in [9.17, 15) is 9.59 Å². The van der Waals surface area contributed by atoms with E-state index in [-0.39, 0.29) is 24.1 Å². The molecule has 0 aliphatic carbocycles. The average Bonchev–Trinajstić information content (AvgIpc) is 2.74. The molecule has 0 spiro atoms. The highest BCUT2D eigenvalue weighted by atomic mass is 35.5. The van der Waals surface area contributed by atoms with Crippen molar-refractivity contribution in [3.05, 3.63) is 64.7 Å². The summed E-state index contributed by atoms with van der Waals surface area (Å²) in [7, 11) is 0. The Morgan fingerprint density at radius 2 is 1.59 bits per heavy atom. The molecule has 0 saturated carbocycles. The molecule has 29 heavy (non-hydrogen) atoms. The number of carbonyl (C=O) groups is 2. The zero-order valence-electron chi connectivity index (χ0n) is 16.2. The summed E-state index contributed by atoms with van der Waals surface area (Å²) in [4.78, 5) is 28.6. The Hall–Kier alpha value is -2.08. The van der Waals surface area contributed by atoms with Gasteiger partial charge in [-0.25, -0.2) is 0 Å². The molecule has 0 unspecified atom stereocenters. The molecule has 0 atom stereocenters. The van der Waals surface area contributed by atoms with Crippen LogP contribution in [-0.2, 0) is 11.2 Å². The molecule has 3 rings (SSSR count). The molecule has 1 fully saturated rings. The minimum Gasteiger partial charge on any atom is -0.336 e. The normalized spacial score (nSPS) is 14.6. The Kier molecular flexibility index (Phi) is 7.92. The molecular weight excluding hydrogens is 409 g/mol. The lowest BCUT2D eigenvalue weighted by molar-refractivity contribution is -0.115. The van der Waals surface area contributed by atoms with Crippen LogP contribution in [0.4, 0.5) is 5.69 Å². The van der Waals surface area contributed by atoms with Crippen molar-refractivity contribution >= 4 is 40.7 Å². The first-order valence-corrected chi connectivity index (χ1v) is 10.7. The number of benzene rings is 2. The third-order valence-electron chi connectivity index (χ3n) is 5.03. The van der Waals surface area contributed by atoms with Gasteiger partial charge in [-0.2, -0.15) is 0 Å². The number of nitrogens with one attached hydrogen (secondary N) is 1. The molecule has 0 bridgehead atoms. The summed E-state index contributed by atoms with van der Waals surface area (Å²) in [5.41, 5.74) is 2.57. The lowest BCUT2D eigenvalue weighted by Gasteiger charge is -2.34. The van der Waals surface area contributed by atoms with E-state index >= 15 is 0 Å². The van der Waals surface area contributed by atoms with Gasteiger partial charge in [-0.1, -0.05) is 23.7 Å². The van der Waals surface area contributed by atoms with Crippen LogP contribution in [0, 0.1) is 0 Å². The summed E-state index contributed by atoms with van der Waals surface area (Å²) in [6, 6.07) is 15.0. The lowest BCUT2D eigenvalue weighted by Crippen LogP contribution is -2.49. The van der Waals surface area contributed by atoms with E-state index in [1.165, 1.54) is 5.56 Å². The van der Waals surface area contributed by atoms with Gasteiger partial charge in [0.25, 0.3) is 5.91 Å². The maximum absolute atomic E-state index is 12.7. The fourth-order valence-corrected chi connectivity index (χ4v) is 3.60. The smallest absolute Gasteiger partial charge is 0.253 e. The van der Waals surface area contributed by atoms with Gasteiger partial charge in [-0.3, -0.25) is 14.5 Å². The fraction of sp³-hybridized carbons (Fsp3) is 0.364. The number of nitrogens with zero attached hydrogens (tertiary/aromatic N) is 2. The molecule has 2 amide bonds. The SMILES string of the molecule is O=C(CCCl)Nc1ccc(C(=O)N2CCN(CCc3ccc(Cl)cc3)CC2)cc1. The minimum atomic E-state index is -0.131. The van der Waals surface area contributed by atoms with Gasteiger partial charge in [0.1, 0.15) is 0 Å². The number of amides is 2.